The van der Waals surface area contributed by atoms with Crippen molar-refractivity contribution in [2.24, 2.45) is 0 Å². The van der Waals surface area contributed by atoms with E-state index in [-0.39, 0.29) is 11.2 Å². The third-order valence-corrected chi connectivity index (χ3v) is 5.55. The van der Waals surface area contributed by atoms with Gasteiger partial charge in [0.25, 0.3) is 0 Å². The number of aromatic nitrogens is 1. The van der Waals surface area contributed by atoms with Gasteiger partial charge < -0.3 is 9.31 Å². The average Bonchev–Trinajstić information content (AvgIpc) is 2.91. The molecule has 3 aromatic rings. The Labute approximate surface area is 167 Å². The number of benzene rings is 2. The zero-order valence-electron chi connectivity index (χ0n) is 16.8. The Morgan fingerprint density at radius 3 is 2.04 bits per heavy atom. The molecule has 28 heavy (non-hydrogen) atoms. The average molecular weight is 372 g/mol. The van der Waals surface area contributed by atoms with E-state index in [0.29, 0.717) is 0 Å². The number of hydrogen-bond acceptors (Lipinski definition) is 4. The van der Waals surface area contributed by atoms with Gasteiger partial charge in [0.15, 0.2) is 0 Å². The van der Waals surface area contributed by atoms with Crippen LogP contribution in [-0.4, -0.2) is 23.3 Å². The van der Waals surface area contributed by atoms with Crippen molar-refractivity contribution in [1.29, 1.82) is 0 Å². The molecular weight excluding hydrogens is 347 g/mol. The number of rotatable bonds is 4. The molecular formula is C23H25BN2O2. The zero-order valence-corrected chi connectivity index (χ0v) is 16.8. The van der Waals surface area contributed by atoms with E-state index in [1.54, 1.807) is 0 Å². The molecule has 0 amide bonds. The molecule has 0 N–H and O–H groups in total. The Morgan fingerprint density at radius 1 is 0.750 bits per heavy atom. The first-order valence-corrected chi connectivity index (χ1v) is 9.59. The summed E-state index contributed by atoms with van der Waals surface area (Å²) < 4.78 is 12.5. The number of nitrogens with zero attached hydrogens (tertiary/aromatic N) is 2. The van der Waals surface area contributed by atoms with Crippen LogP contribution in [0.15, 0.2) is 79.0 Å². The summed E-state index contributed by atoms with van der Waals surface area (Å²) in [6.45, 7) is 8.28. The lowest BCUT2D eigenvalue weighted by Crippen LogP contribution is -2.41. The smallest absolute Gasteiger partial charge is 0.399 e. The molecule has 4 rings (SSSR count). The number of pyridine rings is 1. The van der Waals surface area contributed by atoms with Crippen LogP contribution in [0.5, 0.6) is 0 Å². The van der Waals surface area contributed by atoms with Gasteiger partial charge in [-0.2, -0.15) is 0 Å². The van der Waals surface area contributed by atoms with Gasteiger partial charge >= 0.3 is 7.12 Å². The first kappa shape index (κ1) is 18.7. The second-order valence-corrected chi connectivity index (χ2v) is 8.04. The molecule has 0 aliphatic carbocycles. The molecule has 2 heterocycles. The Kier molecular flexibility index (Phi) is 4.73. The number of para-hydroxylation sites is 1. The van der Waals surface area contributed by atoms with Crippen molar-refractivity contribution in [3.8, 4) is 0 Å². The van der Waals surface area contributed by atoms with E-state index in [2.05, 4.69) is 61.8 Å². The van der Waals surface area contributed by atoms with E-state index >= 15 is 0 Å². The highest BCUT2D eigenvalue weighted by atomic mass is 16.7. The Hall–Kier alpha value is -2.63. The predicted molar refractivity (Wildman–Crippen MR) is 115 cm³/mol. The highest BCUT2D eigenvalue weighted by molar-refractivity contribution is 6.62. The summed E-state index contributed by atoms with van der Waals surface area (Å²) in [6, 6.07) is 24.4. The summed E-state index contributed by atoms with van der Waals surface area (Å²) in [5.74, 6) is 0.861. The quantitative estimate of drug-likeness (QED) is 0.613. The van der Waals surface area contributed by atoms with Gasteiger partial charge in [-0.25, -0.2) is 4.98 Å². The summed E-state index contributed by atoms with van der Waals surface area (Å²) in [5, 5.41) is 0. The van der Waals surface area contributed by atoms with Gasteiger partial charge in [0.05, 0.1) is 11.2 Å². The van der Waals surface area contributed by atoms with Gasteiger partial charge in [-0.05, 0) is 69.6 Å². The van der Waals surface area contributed by atoms with E-state index in [9.17, 15) is 0 Å². The van der Waals surface area contributed by atoms with Crippen molar-refractivity contribution in [2.75, 3.05) is 4.90 Å². The highest BCUT2D eigenvalue weighted by Gasteiger charge is 2.51. The Bertz CT molecular complexity index is 890. The number of hydrogen-bond donors (Lipinski definition) is 0. The molecule has 0 atom stereocenters. The Morgan fingerprint density at radius 2 is 1.39 bits per heavy atom. The minimum atomic E-state index is -0.397. The first-order chi connectivity index (χ1) is 13.4. The second kappa shape index (κ2) is 7.08. The maximum Gasteiger partial charge on any atom is 0.494 e. The SMILES string of the molecule is CC1(C)OB(c2cccc(N(c3ccccc3)c3ccccn3)c2)OC1(C)C. The first-order valence-electron chi connectivity index (χ1n) is 9.59. The lowest BCUT2D eigenvalue weighted by Gasteiger charge is -2.32. The van der Waals surface area contributed by atoms with Crippen molar-refractivity contribution >= 4 is 29.8 Å². The fourth-order valence-electron chi connectivity index (χ4n) is 3.27. The van der Waals surface area contributed by atoms with Crippen LogP contribution in [0, 0.1) is 0 Å². The largest absolute Gasteiger partial charge is 0.494 e. The van der Waals surface area contributed by atoms with Gasteiger partial charge in [0, 0.05) is 17.6 Å². The summed E-state index contributed by atoms with van der Waals surface area (Å²) in [7, 11) is -0.397. The predicted octanol–water partition coefficient (Wildman–Crippen LogP) is 4.85. The summed E-state index contributed by atoms with van der Waals surface area (Å²) in [5.41, 5.74) is 2.32. The zero-order chi connectivity index (χ0) is 19.8. The molecule has 142 valence electrons. The molecule has 0 bridgehead atoms. The van der Waals surface area contributed by atoms with Crippen LogP contribution in [0.25, 0.3) is 0 Å². The molecule has 1 saturated heterocycles. The van der Waals surface area contributed by atoms with Gasteiger partial charge in [0.2, 0.25) is 0 Å². The van der Waals surface area contributed by atoms with Crippen molar-refractivity contribution in [1.82, 2.24) is 4.98 Å². The third-order valence-electron chi connectivity index (χ3n) is 5.55. The molecule has 1 aliphatic rings. The molecule has 4 nitrogen and oxygen atoms in total. The van der Waals surface area contributed by atoms with Gasteiger partial charge in [0.1, 0.15) is 5.82 Å². The maximum atomic E-state index is 6.24. The fraction of sp³-hybridized carbons (Fsp3) is 0.261. The molecule has 1 aliphatic heterocycles. The molecule has 0 unspecified atom stereocenters. The summed E-state index contributed by atoms with van der Waals surface area (Å²) in [6.07, 6.45) is 1.81. The van der Waals surface area contributed by atoms with E-state index in [0.717, 1.165) is 22.7 Å². The normalized spacial score (nSPS) is 17.5. The monoisotopic (exact) mass is 372 g/mol. The molecule has 0 saturated carbocycles. The van der Waals surface area contributed by atoms with Crippen LogP contribution < -0.4 is 10.4 Å². The minimum Gasteiger partial charge on any atom is -0.399 e. The van der Waals surface area contributed by atoms with Crippen LogP contribution in [0.2, 0.25) is 0 Å². The van der Waals surface area contributed by atoms with E-state index in [1.807, 2.05) is 54.7 Å². The van der Waals surface area contributed by atoms with Crippen LogP contribution in [0.4, 0.5) is 17.2 Å². The molecule has 1 aromatic heterocycles. The molecule has 1 fully saturated rings. The Balaban J connectivity index is 1.74. The van der Waals surface area contributed by atoms with Crippen LogP contribution >= 0.6 is 0 Å². The summed E-state index contributed by atoms with van der Waals surface area (Å²) >= 11 is 0. The van der Waals surface area contributed by atoms with Crippen molar-refractivity contribution in [2.45, 2.75) is 38.9 Å². The van der Waals surface area contributed by atoms with Crippen molar-refractivity contribution in [3.05, 3.63) is 79.0 Å². The fourth-order valence-corrected chi connectivity index (χ4v) is 3.27. The van der Waals surface area contributed by atoms with E-state index in [1.165, 1.54) is 0 Å². The van der Waals surface area contributed by atoms with Crippen molar-refractivity contribution in [3.63, 3.8) is 0 Å². The lowest BCUT2D eigenvalue weighted by atomic mass is 9.79. The van der Waals surface area contributed by atoms with Crippen LogP contribution in [-0.2, 0) is 9.31 Å². The van der Waals surface area contributed by atoms with Crippen LogP contribution in [0.1, 0.15) is 27.7 Å². The molecule has 5 heteroatoms. The van der Waals surface area contributed by atoms with E-state index < -0.39 is 7.12 Å². The minimum absolute atomic E-state index is 0.367. The van der Waals surface area contributed by atoms with Gasteiger partial charge in [-0.3, -0.25) is 4.90 Å². The molecule has 0 spiro atoms. The highest BCUT2D eigenvalue weighted by Crippen LogP contribution is 2.37. The topological polar surface area (TPSA) is 34.6 Å². The third kappa shape index (κ3) is 3.43. The lowest BCUT2D eigenvalue weighted by molar-refractivity contribution is 0.00578. The number of anilines is 3. The van der Waals surface area contributed by atoms with E-state index in [4.69, 9.17) is 9.31 Å². The maximum absolute atomic E-state index is 6.24. The molecule has 0 radical (unpaired) electrons. The van der Waals surface area contributed by atoms with Crippen LogP contribution in [0.3, 0.4) is 0 Å². The van der Waals surface area contributed by atoms with Gasteiger partial charge in [-0.15, -0.1) is 0 Å². The van der Waals surface area contributed by atoms with Gasteiger partial charge in [-0.1, -0.05) is 36.4 Å². The van der Waals surface area contributed by atoms with Crippen molar-refractivity contribution < 1.29 is 9.31 Å². The second-order valence-electron chi connectivity index (χ2n) is 8.04. The molecule has 2 aromatic carbocycles. The summed E-state index contributed by atoms with van der Waals surface area (Å²) in [4.78, 5) is 6.70. The standard InChI is InChI=1S/C23H25BN2O2/c1-22(2)23(3,4)28-24(27-22)18-11-10-14-20(17-18)26(19-12-6-5-7-13-19)21-15-8-9-16-25-21/h5-17H,1-4H3.